The molecule has 0 saturated heterocycles. The van der Waals surface area contributed by atoms with E-state index in [2.05, 4.69) is 24.1 Å². The third-order valence-corrected chi connectivity index (χ3v) is 6.50. The van der Waals surface area contributed by atoms with Crippen molar-refractivity contribution < 1.29 is 17.9 Å². The Kier molecular flexibility index (Phi) is 10.5. The molecule has 1 N–H and O–H groups in total. The quantitative estimate of drug-likeness (QED) is 0.512. The lowest BCUT2D eigenvalue weighted by molar-refractivity contribution is 0.0884. The summed E-state index contributed by atoms with van der Waals surface area (Å²) in [5.74, 6) is -0.242. The van der Waals surface area contributed by atoms with Crippen LogP contribution in [0.2, 0.25) is 0 Å². The van der Waals surface area contributed by atoms with Crippen LogP contribution in [0.1, 0.15) is 38.1 Å². The molecule has 0 radical (unpaired) electrons. The summed E-state index contributed by atoms with van der Waals surface area (Å²) in [5.41, 5.74) is 0.427. The fraction of sp³-hybridized carbons (Fsp3) is 0.632. The van der Waals surface area contributed by atoms with E-state index in [9.17, 15) is 13.2 Å². The summed E-state index contributed by atoms with van der Waals surface area (Å²) >= 11 is 0. The van der Waals surface area contributed by atoms with E-state index in [-0.39, 0.29) is 10.8 Å². The largest absolute Gasteiger partial charge is 0.378 e. The lowest BCUT2D eigenvalue weighted by atomic mass is 10.2. The van der Waals surface area contributed by atoms with Gasteiger partial charge >= 0.3 is 0 Å². The average molecular weight is 400 g/mol. The number of benzene rings is 1. The van der Waals surface area contributed by atoms with Crippen molar-refractivity contribution in [2.75, 3.05) is 52.5 Å². The van der Waals surface area contributed by atoms with Crippen molar-refractivity contribution in [1.82, 2.24) is 14.5 Å². The Balaban J connectivity index is 2.46. The lowest BCUT2D eigenvalue weighted by Gasteiger charge is -2.18. The molecule has 0 atom stereocenters. The van der Waals surface area contributed by atoms with Crippen LogP contribution in [0.3, 0.4) is 0 Å². The molecule has 0 aliphatic heterocycles. The molecule has 1 aromatic carbocycles. The van der Waals surface area contributed by atoms with Gasteiger partial charge in [-0.3, -0.25) is 4.79 Å². The molecule has 8 heteroatoms. The van der Waals surface area contributed by atoms with E-state index < -0.39 is 10.0 Å². The maximum atomic E-state index is 12.4. The minimum Gasteiger partial charge on any atom is -0.378 e. The SMILES string of the molecule is CCN(CC)CCOCCNC(=O)c1ccc(S(=O)(=O)N(CC)CC)cc1. The van der Waals surface area contributed by atoms with Crippen molar-refractivity contribution in [2.24, 2.45) is 0 Å². The highest BCUT2D eigenvalue weighted by Crippen LogP contribution is 2.16. The maximum absolute atomic E-state index is 12.4. The molecule has 1 rings (SSSR count). The second-order valence-electron chi connectivity index (χ2n) is 6.01. The first kappa shape index (κ1) is 23.6. The molecule has 0 saturated carbocycles. The van der Waals surface area contributed by atoms with Gasteiger partial charge in [0.15, 0.2) is 0 Å². The van der Waals surface area contributed by atoms with Crippen molar-refractivity contribution in [3.8, 4) is 0 Å². The summed E-state index contributed by atoms with van der Waals surface area (Å²) in [7, 11) is -3.50. The van der Waals surface area contributed by atoms with Gasteiger partial charge in [0.05, 0.1) is 18.1 Å². The Bertz CT molecular complexity index is 654. The first-order valence-corrected chi connectivity index (χ1v) is 11.0. The first-order chi connectivity index (χ1) is 12.9. The molecule has 0 spiro atoms. The van der Waals surface area contributed by atoms with Crippen molar-refractivity contribution in [2.45, 2.75) is 32.6 Å². The predicted molar refractivity (Wildman–Crippen MR) is 107 cm³/mol. The van der Waals surface area contributed by atoms with E-state index in [1.807, 2.05) is 0 Å². The summed E-state index contributed by atoms with van der Waals surface area (Å²) < 4.78 is 31.8. The number of nitrogens with one attached hydrogen (secondary N) is 1. The highest BCUT2D eigenvalue weighted by atomic mass is 32.2. The van der Waals surface area contributed by atoms with Gasteiger partial charge in [-0.2, -0.15) is 4.31 Å². The van der Waals surface area contributed by atoms with Gasteiger partial charge in [-0.15, -0.1) is 0 Å². The van der Waals surface area contributed by atoms with Crippen LogP contribution in [0.4, 0.5) is 0 Å². The van der Waals surface area contributed by atoms with Gasteiger partial charge in [-0.1, -0.05) is 27.7 Å². The van der Waals surface area contributed by atoms with Crippen LogP contribution in [-0.4, -0.2) is 76.0 Å². The standard InChI is InChI=1S/C19H33N3O4S/c1-5-21(6-2)14-16-26-15-13-20-19(23)17-9-11-18(12-10-17)27(24,25)22(7-3)8-4/h9-12H,5-8,13-16H2,1-4H3,(H,20,23). The maximum Gasteiger partial charge on any atom is 0.251 e. The van der Waals surface area contributed by atoms with Gasteiger partial charge in [0.2, 0.25) is 10.0 Å². The fourth-order valence-electron chi connectivity index (χ4n) is 2.67. The number of carbonyl (C=O) groups excluding carboxylic acids is 1. The Morgan fingerprint density at radius 3 is 2.07 bits per heavy atom. The van der Waals surface area contributed by atoms with Crippen LogP contribution in [0, 0.1) is 0 Å². The molecular weight excluding hydrogens is 366 g/mol. The van der Waals surface area contributed by atoms with E-state index in [4.69, 9.17) is 4.74 Å². The highest BCUT2D eigenvalue weighted by Gasteiger charge is 2.21. The number of amides is 1. The van der Waals surface area contributed by atoms with Gasteiger partial charge in [-0.25, -0.2) is 8.42 Å². The van der Waals surface area contributed by atoms with E-state index in [1.165, 1.54) is 28.6 Å². The molecule has 154 valence electrons. The van der Waals surface area contributed by atoms with Crippen LogP contribution < -0.4 is 5.32 Å². The van der Waals surface area contributed by atoms with Crippen molar-refractivity contribution in [3.63, 3.8) is 0 Å². The van der Waals surface area contributed by atoms with E-state index in [0.29, 0.717) is 38.4 Å². The molecule has 0 aliphatic carbocycles. The number of carbonyl (C=O) groups is 1. The molecule has 7 nitrogen and oxygen atoms in total. The van der Waals surface area contributed by atoms with Gasteiger partial charge in [-0.05, 0) is 37.4 Å². The summed E-state index contributed by atoms with van der Waals surface area (Å²) in [6.45, 7) is 13.0. The highest BCUT2D eigenvalue weighted by molar-refractivity contribution is 7.89. The first-order valence-electron chi connectivity index (χ1n) is 9.59. The molecule has 0 fully saturated rings. The van der Waals surface area contributed by atoms with E-state index >= 15 is 0 Å². The zero-order valence-electron chi connectivity index (χ0n) is 16.9. The molecule has 0 bridgehead atoms. The van der Waals surface area contributed by atoms with Crippen molar-refractivity contribution in [1.29, 1.82) is 0 Å². The average Bonchev–Trinajstić information content (AvgIpc) is 2.68. The smallest absolute Gasteiger partial charge is 0.251 e. The van der Waals surface area contributed by atoms with Gasteiger partial charge in [0.25, 0.3) is 5.91 Å². The summed E-state index contributed by atoms with van der Waals surface area (Å²) in [6.07, 6.45) is 0. The molecular formula is C19H33N3O4S. The molecule has 27 heavy (non-hydrogen) atoms. The molecule has 0 heterocycles. The van der Waals surface area contributed by atoms with Crippen LogP contribution >= 0.6 is 0 Å². The second kappa shape index (κ2) is 12.1. The van der Waals surface area contributed by atoms with E-state index in [0.717, 1.165) is 19.6 Å². The van der Waals surface area contributed by atoms with E-state index in [1.54, 1.807) is 13.8 Å². The van der Waals surface area contributed by atoms with Crippen molar-refractivity contribution >= 4 is 15.9 Å². The van der Waals surface area contributed by atoms with Gasteiger partial charge in [0.1, 0.15) is 0 Å². The van der Waals surface area contributed by atoms with Gasteiger partial charge < -0.3 is 15.0 Å². The zero-order chi connectivity index (χ0) is 20.3. The number of hydrogen-bond donors (Lipinski definition) is 1. The molecule has 1 amide bonds. The zero-order valence-corrected chi connectivity index (χ0v) is 17.7. The Morgan fingerprint density at radius 1 is 0.963 bits per heavy atom. The van der Waals surface area contributed by atoms with Crippen LogP contribution in [0.25, 0.3) is 0 Å². The molecule has 1 aromatic rings. The monoisotopic (exact) mass is 399 g/mol. The number of rotatable bonds is 13. The van der Waals surface area contributed by atoms with Gasteiger partial charge in [0, 0.05) is 31.7 Å². The molecule has 0 unspecified atom stereocenters. The number of ether oxygens (including phenoxy) is 1. The number of hydrogen-bond acceptors (Lipinski definition) is 5. The third kappa shape index (κ3) is 7.21. The topological polar surface area (TPSA) is 79.0 Å². The van der Waals surface area contributed by atoms with Crippen LogP contribution in [0.15, 0.2) is 29.2 Å². The Labute approximate surface area is 163 Å². The fourth-order valence-corrected chi connectivity index (χ4v) is 4.12. The van der Waals surface area contributed by atoms with Crippen LogP contribution in [0.5, 0.6) is 0 Å². The number of nitrogens with zero attached hydrogens (tertiary/aromatic N) is 2. The normalized spacial score (nSPS) is 11.9. The van der Waals surface area contributed by atoms with Crippen LogP contribution in [-0.2, 0) is 14.8 Å². The molecule has 0 aromatic heterocycles. The summed E-state index contributed by atoms with van der Waals surface area (Å²) in [5, 5.41) is 2.78. The molecule has 0 aliphatic rings. The minimum absolute atomic E-state index is 0.197. The minimum atomic E-state index is -3.50. The number of sulfonamides is 1. The van der Waals surface area contributed by atoms with Crippen molar-refractivity contribution in [3.05, 3.63) is 29.8 Å². The lowest BCUT2D eigenvalue weighted by Crippen LogP contribution is -2.31. The number of likely N-dealkylation sites (N-methyl/N-ethyl adjacent to an activating group) is 1. The third-order valence-electron chi connectivity index (χ3n) is 4.44. The Morgan fingerprint density at radius 2 is 1.56 bits per heavy atom. The second-order valence-corrected chi connectivity index (χ2v) is 7.95. The summed E-state index contributed by atoms with van der Waals surface area (Å²) in [4.78, 5) is 14.6. The Hall–Kier alpha value is -1.48. The summed E-state index contributed by atoms with van der Waals surface area (Å²) in [6, 6.07) is 6.02. The predicted octanol–water partition coefficient (Wildman–Crippen LogP) is 1.81.